The fourth-order valence-electron chi connectivity index (χ4n) is 2.74. The van der Waals surface area contributed by atoms with E-state index in [1.54, 1.807) is 25.6 Å². The third kappa shape index (κ3) is 3.86. The summed E-state index contributed by atoms with van der Waals surface area (Å²) in [5, 5.41) is 1.20. The summed E-state index contributed by atoms with van der Waals surface area (Å²) in [5.74, 6) is 1.57. The molecule has 1 aromatic heterocycles. The molecule has 0 bridgehead atoms. The standard InChI is InChI=1S/C19H22N2O2S/c1-21(13-19-20-15-6-4-5-7-18(15)24-19)11-10-14-8-9-16(22-2)17(12-14)23-3/h4-9,12H,10-11,13H2,1-3H3/p+1. The van der Waals surface area contributed by atoms with Crippen molar-refractivity contribution in [2.45, 2.75) is 13.0 Å². The van der Waals surface area contributed by atoms with Gasteiger partial charge in [-0.15, -0.1) is 11.3 Å². The Morgan fingerprint density at radius 1 is 1.04 bits per heavy atom. The SMILES string of the molecule is COc1ccc(CC[NH+](C)Cc2nc3ccccc3s2)cc1OC. The second kappa shape index (κ2) is 7.64. The number of hydrogen-bond acceptors (Lipinski definition) is 4. The topological polar surface area (TPSA) is 35.8 Å². The average Bonchev–Trinajstić information content (AvgIpc) is 3.01. The first kappa shape index (κ1) is 16.7. The zero-order valence-electron chi connectivity index (χ0n) is 14.3. The van der Waals surface area contributed by atoms with E-state index in [1.165, 1.54) is 20.2 Å². The number of rotatable bonds is 7. The van der Waals surface area contributed by atoms with Gasteiger partial charge in [0.25, 0.3) is 0 Å². The van der Waals surface area contributed by atoms with Crippen LogP contribution in [0.15, 0.2) is 42.5 Å². The van der Waals surface area contributed by atoms with Crippen molar-refractivity contribution in [3.63, 3.8) is 0 Å². The van der Waals surface area contributed by atoms with E-state index in [1.807, 2.05) is 12.1 Å². The van der Waals surface area contributed by atoms with E-state index >= 15 is 0 Å². The molecule has 0 saturated carbocycles. The smallest absolute Gasteiger partial charge is 0.160 e. The monoisotopic (exact) mass is 343 g/mol. The zero-order valence-corrected chi connectivity index (χ0v) is 15.2. The summed E-state index contributed by atoms with van der Waals surface area (Å²) < 4.78 is 11.9. The predicted molar refractivity (Wildman–Crippen MR) is 98.3 cm³/mol. The first-order valence-electron chi connectivity index (χ1n) is 8.06. The minimum atomic E-state index is 0.774. The van der Waals surface area contributed by atoms with Crippen LogP contribution >= 0.6 is 11.3 Å². The Hall–Kier alpha value is -2.11. The van der Waals surface area contributed by atoms with E-state index in [0.717, 1.165) is 36.5 Å². The van der Waals surface area contributed by atoms with Gasteiger partial charge in [0.15, 0.2) is 11.5 Å². The number of methoxy groups -OCH3 is 2. The van der Waals surface area contributed by atoms with Gasteiger partial charge in [-0.25, -0.2) is 4.98 Å². The Kier molecular flexibility index (Phi) is 5.33. The Morgan fingerprint density at radius 3 is 2.58 bits per heavy atom. The van der Waals surface area contributed by atoms with E-state index in [-0.39, 0.29) is 0 Å². The maximum Gasteiger partial charge on any atom is 0.160 e. The first-order valence-corrected chi connectivity index (χ1v) is 8.88. The molecule has 5 heteroatoms. The summed E-state index contributed by atoms with van der Waals surface area (Å²) in [6.07, 6.45) is 0.997. The van der Waals surface area contributed by atoms with Gasteiger partial charge in [-0.3, -0.25) is 0 Å². The van der Waals surface area contributed by atoms with Crippen LogP contribution in [0.4, 0.5) is 0 Å². The molecule has 4 nitrogen and oxygen atoms in total. The molecular weight excluding hydrogens is 320 g/mol. The maximum absolute atomic E-state index is 5.37. The van der Waals surface area contributed by atoms with Crippen molar-refractivity contribution in [2.75, 3.05) is 27.8 Å². The highest BCUT2D eigenvalue weighted by Crippen LogP contribution is 2.27. The van der Waals surface area contributed by atoms with Crippen molar-refractivity contribution in [2.24, 2.45) is 0 Å². The van der Waals surface area contributed by atoms with Crippen LogP contribution in [-0.2, 0) is 13.0 Å². The Labute approximate surface area is 146 Å². The van der Waals surface area contributed by atoms with Gasteiger partial charge in [0.1, 0.15) is 11.6 Å². The molecule has 126 valence electrons. The Bertz CT molecular complexity index is 783. The minimum absolute atomic E-state index is 0.774. The lowest BCUT2D eigenvalue weighted by molar-refractivity contribution is -0.893. The van der Waals surface area contributed by atoms with Gasteiger partial charge in [0, 0.05) is 6.42 Å². The fraction of sp³-hybridized carbons (Fsp3) is 0.316. The third-order valence-electron chi connectivity index (χ3n) is 4.08. The molecule has 0 spiro atoms. The molecule has 24 heavy (non-hydrogen) atoms. The van der Waals surface area contributed by atoms with Crippen LogP contribution in [0.5, 0.6) is 11.5 Å². The Balaban J connectivity index is 1.60. The molecule has 3 rings (SSSR count). The number of nitrogens with one attached hydrogen (secondary N) is 1. The molecular formula is C19H23N2O2S+. The molecule has 3 aromatic rings. The van der Waals surface area contributed by atoms with Crippen LogP contribution in [0.1, 0.15) is 10.6 Å². The summed E-state index contributed by atoms with van der Waals surface area (Å²) >= 11 is 1.79. The number of benzene rings is 2. The van der Waals surface area contributed by atoms with Crippen LogP contribution in [0.25, 0.3) is 10.2 Å². The lowest BCUT2D eigenvalue weighted by Crippen LogP contribution is -3.07. The fourth-order valence-corrected chi connectivity index (χ4v) is 3.82. The van der Waals surface area contributed by atoms with Crippen LogP contribution < -0.4 is 14.4 Å². The van der Waals surface area contributed by atoms with Crippen molar-refractivity contribution < 1.29 is 14.4 Å². The van der Waals surface area contributed by atoms with Gasteiger partial charge >= 0.3 is 0 Å². The molecule has 1 atom stereocenters. The quantitative estimate of drug-likeness (QED) is 0.716. The molecule has 0 fully saturated rings. The van der Waals surface area contributed by atoms with Crippen molar-refractivity contribution in [3.8, 4) is 11.5 Å². The molecule has 2 aromatic carbocycles. The van der Waals surface area contributed by atoms with E-state index in [4.69, 9.17) is 14.5 Å². The van der Waals surface area contributed by atoms with Crippen molar-refractivity contribution in [1.29, 1.82) is 0 Å². The second-order valence-corrected chi connectivity index (χ2v) is 7.01. The first-order chi connectivity index (χ1) is 11.7. The Morgan fingerprint density at radius 2 is 1.83 bits per heavy atom. The van der Waals surface area contributed by atoms with E-state index in [2.05, 4.69) is 37.4 Å². The van der Waals surface area contributed by atoms with Gasteiger partial charge in [-0.1, -0.05) is 18.2 Å². The van der Waals surface area contributed by atoms with Crippen LogP contribution in [0.3, 0.4) is 0 Å². The number of aromatic nitrogens is 1. The molecule has 1 heterocycles. The summed E-state index contributed by atoms with van der Waals surface area (Å²) in [6.45, 7) is 2.00. The zero-order chi connectivity index (χ0) is 16.9. The predicted octanol–water partition coefficient (Wildman–Crippen LogP) is 2.57. The molecule has 0 saturated heterocycles. The number of quaternary nitrogens is 1. The average molecular weight is 343 g/mol. The summed E-state index contributed by atoms with van der Waals surface area (Å²) in [4.78, 5) is 6.17. The van der Waals surface area contributed by atoms with Gasteiger partial charge in [0.2, 0.25) is 0 Å². The minimum Gasteiger partial charge on any atom is -0.493 e. The van der Waals surface area contributed by atoms with Crippen LogP contribution in [0, 0.1) is 0 Å². The number of likely N-dealkylation sites (N-methyl/N-ethyl adjacent to an activating group) is 1. The molecule has 0 aliphatic rings. The van der Waals surface area contributed by atoms with Crippen molar-refractivity contribution in [3.05, 3.63) is 53.0 Å². The van der Waals surface area contributed by atoms with Crippen molar-refractivity contribution >= 4 is 21.6 Å². The van der Waals surface area contributed by atoms with E-state index < -0.39 is 0 Å². The number of para-hydroxylation sites is 1. The molecule has 0 aliphatic heterocycles. The van der Waals surface area contributed by atoms with E-state index in [0.29, 0.717) is 0 Å². The molecule has 0 aliphatic carbocycles. The normalized spacial score (nSPS) is 12.3. The van der Waals surface area contributed by atoms with Gasteiger partial charge in [-0.05, 0) is 29.8 Å². The number of nitrogens with zero attached hydrogens (tertiary/aromatic N) is 1. The van der Waals surface area contributed by atoms with Gasteiger partial charge in [0.05, 0.1) is 38.0 Å². The van der Waals surface area contributed by atoms with Crippen LogP contribution in [-0.4, -0.2) is 32.8 Å². The third-order valence-corrected chi connectivity index (χ3v) is 5.12. The number of hydrogen-bond donors (Lipinski definition) is 1. The molecule has 1 N–H and O–H groups in total. The van der Waals surface area contributed by atoms with Gasteiger partial charge in [-0.2, -0.15) is 0 Å². The molecule has 1 unspecified atom stereocenters. The number of thiazole rings is 1. The highest BCUT2D eigenvalue weighted by molar-refractivity contribution is 7.18. The second-order valence-electron chi connectivity index (χ2n) is 5.90. The number of fused-ring (bicyclic) bond motifs is 1. The van der Waals surface area contributed by atoms with Crippen molar-refractivity contribution in [1.82, 2.24) is 4.98 Å². The highest BCUT2D eigenvalue weighted by atomic mass is 32.1. The summed E-state index contributed by atoms with van der Waals surface area (Å²) in [5.41, 5.74) is 2.36. The maximum atomic E-state index is 5.37. The summed E-state index contributed by atoms with van der Waals surface area (Å²) in [7, 11) is 5.55. The lowest BCUT2D eigenvalue weighted by atomic mass is 10.1. The largest absolute Gasteiger partial charge is 0.493 e. The number of ether oxygens (including phenoxy) is 2. The van der Waals surface area contributed by atoms with Crippen LogP contribution in [0.2, 0.25) is 0 Å². The molecule has 0 amide bonds. The highest BCUT2D eigenvalue weighted by Gasteiger charge is 2.10. The lowest BCUT2D eigenvalue weighted by Gasteiger charge is -2.13. The summed E-state index contributed by atoms with van der Waals surface area (Å²) in [6, 6.07) is 14.5. The molecule has 0 radical (unpaired) electrons. The van der Waals surface area contributed by atoms with Gasteiger partial charge < -0.3 is 14.4 Å². The van der Waals surface area contributed by atoms with E-state index in [9.17, 15) is 0 Å².